The Balaban J connectivity index is 1.29. The SMILES string of the molecule is CN1CCN(C(=O)CC2CCN(C(=O)c3cnn(-c4ccccc4F)c3)CC2)CC1. The van der Waals surface area contributed by atoms with Crippen LogP contribution < -0.4 is 0 Å². The molecule has 2 amide bonds. The van der Waals surface area contributed by atoms with Crippen LogP contribution in [-0.2, 0) is 4.79 Å². The van der Waals surface area contributed by atoms with Gasteiger partial charge < -0.3 is 14.7 Å². The van der Waals surface area contributed by atoms with Gasteiger partial charge in [-0.05, 0) is 37.9 Å². The second-order valence-corrected chi connectivity index (χ2v) is 8.25. The van der Waals surface area contributed by atoms with Crippen LogP contribution in [0.4, 0.5) is 4.39 Å². The van der Waals surface area contributed by atoms with E-state index in [-0.39, 0.29) is 17.6 Å². The maximum Gasteiger partial charge on any atom is 0.257 e. The molecule has 0 spiro atoms. The van der Waals surface area contributed by atoms with Crippen LogP contribution in [0, 0.1) is 11.7 Å². The molecule has 3 heterocycles. The van der Waals surface area contributed by atoms with E-state index in [4.69, 9.17) is 0 Å². The predicted octanol–water partition coefficient (Wildman–Crippen LogP) is 2.03. The number of likely N-dealkylation sites (N-methyl/N-ethyl adjacent to an activating group) is 1. The standard InChI is InChI=1S/C22H28FN5O2/c1-25-10-12-26(13-11-25)21(29)14-17-6-8-27(9-7-17)22(30)18-15-24-28(16-18)20-5-3-2-4-19(20)23/h2-5,15-17H,6-14H2,1H3. The molecule has 7 nitrogen and oxygen atoms in total. The highest BCUT2D eigenvalue weighted by atomic mass is 19.1. The number of likely N-dealkylation sites (tertiary alicyclic amines) is 1. The van der Waals surface area contributed by atoms with Crippen LogP contribution >= 0.6 is 0 Å². The molecule has 2 saturated heterocycles. The summed E-state index contributed by atoms with van der Waals surface area (Å²) in [6, 6.07) is 6.34. The van der Waals surface area contributed by atoms with E-state index in [0.29, 0.717) is 36.7 Å². The minimum atomic E-state index is -0.384. The number of benzene rings is 1. The summed E-state index contributed by atoms with van der Waals surface area (Å²) in [5.74, 6) is 0.0771. The van der Waals surface area contributed by atoms with E-state index in [1.54, 1.807) is 29.3 Å². The number of rotatable bonds is 4. The summed E-state index contributed by atoms with van der Waals surface area (Å²) in [5.41, 5.74) is 0.767. The third kappa shape index (κ3) is 4.53. The maximum atomic E-state index is 14.0. The van der Waals surface area contributed by atoms with Crippen molar-refractivity contribution in [3.05, 3.63) is 48.0 Å². The quantitative estimate of drug-likeness (QED) is 0.770. The average molecular weight is 413 g/mol. The van der Waals surface area contributed by atoms with Crippen molar-refractivity contribution in [2.45, 2.75) is 19.3 Å². The minimum absolute atomic E-state index is 0.0959. The molecule has 0 saturated carbocycles. The lowest BCUT2D eigenvalue weighted by Crippen LogP contribution is -2.48. The van der Waals surface area contributed by atoms with Crippen molar-refractivity contribution in [2.75, 3.05) is 46.3 Å². The van der Waals surface area contributed by atoms with Gasteiger partial charge in [0.05, 0.1) is 11.8 Å². The molecule has 2 aliphatic heterocycles. The molecule has 8 heteroatoms. The van der Waals surface area contributed by atoms with Gasteiger partial charge in [0.25, 0.3) is 5.91 Å². The fourth-order valence-electron chi connectivity index (χ4n) is 4.16. The molecular formula is C22H28FN5O2. The van der Waals surface area contributed by atoms with Crippen LogP contribution in [0.3, 0.4) is 0 Å². The van der Waals surface area contributed by atoms with Gasteiger partial charge in [-0.25, -0.2) is 9.07 Å². The van der Waals surface area contributed by atoms with Crippen molar-refractivity contribution in [3.63, 3.8) is 0 Å². The molecule has 2 aliphatic rings. The van der Waals surface area contributed by atoms with Gasteiger partial charge in [0.1, 0.15) is 11.5 Å². The van der Waals surface area contributed by atoms with Gasteiger partial charge in [-0.3, -0.25) is 9.59 Å². The number of para-hydroxylation sites is 1. The Morgan fingerprint density at radius 2 is 1.73 bits per heavy atom. The number of nitrogens with zero attached hydrogens (tertiary/aromatic N) is 5. The molecule has 0 aliphatic carbocycles. The fourth-order valence-corrected chi connectivity index (χ4v) is 4.16. The molecule has 0 N–H and O–H groups in total. The molecule has 4 rings (SSSR count). The first kappa shape index (κ1) is 20.5. The fraction of sp³-hybridized carbons (Fsp3) is 0.500. The molecular weight excluding hydrogens is 385 g/mol. The molecule has 2 fully saturated rings. The second-order valence-electron chi connectivity index (χ2n) is 8.25. The Labute approximate surface area is 176 Å². The zero-order chi connectivity index (χ0) is 21.1. The Morgan fingerprint density at radius 1 is 1.03 bits per heavy atom. The van der Waals surface area contributed by atoms with Gasteiger partial charge in [-0.2, -0.15) is 5.10 Å². The van der Waals surface area contributed by atoms with Crippen molar-refractivity contribution >= 4 is 11.8 Å². The van der Waals surface area contributed by atoms with E-state index in [1.807, 2.05) is 4.90 Å². The first-order valence-electron chi connectivity index (χ1n) is 10.6. The number of amides is 2. The van der Waals surface area contributed by atoms with Crippen molar-refractivity contribution in [3.8, 4) is 5.69 Å². The third-order valence-corrected chi connectivity index (χ3v) is 6.15. The van der Waals surface area contributed by atoms with Gasteiger partial charge in [0.2, 0.25) is 5.91 Å². The van der Waals surface area contributed by atoms with E-state index < -0.39 is 0 Å². The van der Waals surface area contributed by atoms with Gasteiger partial charge >= 0.3 is 0 Å². The third-order valence-electron chi connectivity index (χ3n) is 6.15. The van der Waals surface area contributed by atoms with Crippen LogP contribution in [0.2, 0.25) is 0 Å². The van der Waals surface area contributed by atoms with Gasteiger partial charge in [0.15, 0.2) is 0 Å². The molecule has 30 heavy (non-hydrogen) atoms. The van der Waals surface area contributed by atoms with E-state index in [2.05, 4.69) is 17.0 Å². The summed E-state index contributed by atoms with van der Waals surface area (Å²) in [4.78, 5) is 31.4. The molecule has 0 atom stereocenters. The smallest absolute Gasteiger partial charge is 0.257 e. The highest BCUT2D eigenvalue weighted by molar-refractivity contribution is 5.93. The Kier molecular flexibility index (Phi) is 6.13. The van der Waals surface area contributed by atoms with Gasteiger partial charge in [-0.15, -0.1) is 0 Å². The first-order chi connectivity index (χ1) is 14.5. The van der Waals surface area contributed by atoms with E-state index in [9.17, 15) is 14.0 Å². The first-order valence-corrected chi connectivity index (χ1v) is 10.6. The van der Waals surface area contributed by atoms with Crippen molar-refractivity contribution in [2.24, 2.45) is 5.92 Å². The lowest BCUT2D eigenvalue weighted by atomic mass is 9.92. The largest absolute Gasteiger partial charge is 0.340 e. The van der Waals surface area contributed by atoms with Crippen LogP contribution in [0.5, 0.6) is 0 Å². The summed E-state index contributed by atoms with van der Waals surface area (Å²) in [5, 5.41) is 4.15. The number of piperazine rings is 1. The van der Waals surface area contributed by atoms with E-state index in [0.717, 1.165) is 39.0 Å². The normalized spacial score (nSPS) is 18.6. The number of piperidine rings is 1. The van der Waals surface area contributed by atoms with Crippen LogP contribution in [-0.4, -0.2) is 82.6 Å². The van der Waals surface area contributed by atoms with Crippen LogP contribution in [0.1, 0.15) is 29.6 Å². The summed E-state index contributed by atoms with van der Waals surface area (Å²) >= 11 is 0. The highest BCUT2D eigenvalue weighted by Crippen LogP contribution is 2.23. The zero-order valence-corrected chi connectivity index (χ0v) is 17.3. The number of carbonyl (C=O) groups is 2. The van der Waals surface area contributed by atoms with Crippen molar-refractivity contribution in [1.29, 1.82) is 0 Å². The van der Waals surface area contributed by atoms with E-state index in [1.165, 1.54) is 16.9 Å². The predicted molar refractivity (Wildman–Crippen MR) is 111 cm³/mol. The number of carbonyl (C=O) groups excluding carboxylic acids is 2. The van der Waals surface area contributed by atoms with Crippen LogP contribution in [0.15, 0.2) is 36.7 Å². The van der Waals surface area contributed by atoms with Gasteiger partial charge in [-0.1, -0.05) is 12.1 Å². The monoisotopic (exact) mass is 413 g/mol. The molecule has 160 valence electrons. The second kappa shape index (κ2) is 8.95. The topological polar surface area (TPSA) is 61.7 Å². The maximum absolute atomic E-state index is 14.0. The van der Waals surface area contributed by atoms with Gasteiger partial charge in [0, 0.05) is 51.9 Å². The lowest BCUT2D eigenvalue weighted by Gasteiger charge is -2.35. The number of hydrogen-bond acceptors (Lipinski definition) is 4. The summed E-state index contributed by atoms with van der Waals surface area (Å²) < 4.78 is 15.3. The Bertz CT molecular complexity index is 898. The molecule has 0 bridgehead atoms. The molecule has 1 aromatic carbocycles. The number of halogens is 1. The summed E-state index contributed by atoms with van der Waals surface area (Å²) in [6.45, 7) is 4.73. The van der Waals surface area contributed by atoms with Crippen molar-refractivity contribution < 1.29 is 14.0 Å². The highest BCUT2D eigenvalue weighted by Gasteiger charge is 2.28. The molecule has 0 radical (unpaired) electrons. The lowest BCUT2D eigenvalue weighted by molar-refractivity contribution is -0.134. The minimum Gasteiger partial charge on any atom is -0.340 e. The molecule has 2 aromatic rings. The van der Waals surface area contributed by atoms with E-state index >= 15 is 0 Å². The number of aromatic nitrogens is 2. The van der Waals surface area contributed by atoms with Crippen molar-refractivity contribution in [1.82, 2.24) is 24.5 Å². The summed E-state index contributed by atoms with van der Waals surface area (Å²) in [6.07, 6.45) is 5.28. The Hall–Kier alpha value is -2.74. The molecule has 0 unspecified atom stereocenters. The van der Waals surface area contributed by atoms with Crippen LogP contribution in [0.25, 0.3) is 5.69 Å². The summed E-state index contributed by atoms with van der Waals surface area (Å²) in [7, 11) is 2.08. The Morgan fingerprint density at radius 3 is 2.43 bits per heavy atom. The molecule has 1 aromatic heterocycles. The average Bonchev–Trinajstić information content (AvgIpc) is 3.24. The number of hydrogen-bond donors (Lipinski definition) is 0. The zero-order valence-electron chi connectivity index (χ0n) is 17.3.